The average Bonchev–Trinajstić information content (AvgIpc) is 2.16. The number of nitrogens with zero attached hydrogens (tertiary/aromatic N) is 1. The summed E-state index contributed by atoms with van der Waals surface area (Å²) in [5.41, 5.74) is 8.88. The monoisotopic (exact) mass is 189 g/mol. The Balaban J connectivity index is 2.80. The van der Waals surface area contributed by atoms with Crippen molar-refractivity contribution in [3.05, 3.63) is 29.3 Å². The molecule has 1 unspecified atom stereocenters. The molecule has 0 spiro atoms. The molecule has 1 atom stereocenters. The van der Waals surface area contributed by atoms with E-state index in [1.165, 1.54) is 0 Å². The van der Waals surface area contributed by atoms with E-state index < -0.39 is 0 Å². The summed E-state index contributed by atoms with van der Waals surface area (Å²) in [6, 6.07) is 7.12. The molecular formula is C11H13N2O. The highest BCUT2D eigenvalue weighted by Crippen LogP contribution is 2.19. The molecule has 0 aliphatic rings. The zero-order valence-corrected chi connectivity index (χ0v) is 8.37. The minimum absolute atomic E-state index is 0.250. The lowest BCUT2D eigenvalue weighted by molar-refractivity contribution is 0.291. The molecule has 0 aromatic heterocycles. The van der Waals surface area contributed by atoms with Gasteiger partial charge < -0.3 is 4.74 Å². The highest BCUT2D eigenvalue weighted by molar-refractivity contribution is 5.41. The minimum Gasteiger partial charge on any atom is -0.492 e. The summed E-state index contributed by atoms with van der Waals surface area (Å²) in [5, 5.41) is 8.69. The van der Waals surface area contributed by atoms with Gasteiger partial charge in [0.05, 0.1) is 17.7 Å². The van der Waals surface area contributed by atoms with Crippen LogP contribution in [0.25, 0.3) is 0 Å². The molecule has 0 heterocycles. The van der Waals surface area contributed by atoms with Gasteiger partial charge in [-0.25, -0.2) is 0 Å². The predicted octanol–water partition coefficient (Wildman–Crippen LogP) is 1.92. The van der Waals surface area contributed by atoms with Crippen LogP contribution in [0.2, 0.25) is 0 Å². The van der Waals surface area contributed by atoms with E-state index in [1.807, 2.05) is 13.0 Å². The second kappa shape index (κ2) is 4.64. The second-order valence-corrected chi connectivity index (χ2v) is 3.30. The van der Waals surface area contributed by atoms with E-state index in [0.717, 1.165) is 5.56 Å². The molecule has 3 nitrogen and oxygen atoms in total. The molecule has 14 heavy (non-hydrogen) atoms. The first-order chi connectivity index (χ1) is 6.63. The number of hydrogen-bond donors (Lipinski definition) is 0. The molecule has 0 saturated carbocycles. The Bertz CT molecular complexity index is 353. The average molecular weight is 189 g/mol. The number of hydrogen-bond acceptors (Lipinski definition) is 2. The van der Waals surface area contributed by atoms with Crippen LogP contribution < -0.4 is 10.5 Å². The van der Waals surface area contributed by atoms with Crippen LogP contribution in [-0.2, 0) is 0 Å². The highest BCUT2D eigenvalue weighted by Gasteiger charge is 2.02. The van der Waals surface area contributed by atoms with E-state index in [0.29, 0.717) is 17.9 Å². The van der Waals surface area contributed by atoms with Gasteiger partial charge in [0.1, 0.15) is 12.4 Å². The van der Waals surface area contributed by atoms with E-state index >= 15 is 0 Å². The molecule has 3 heteroatoms. The van der Waals surface area contributed by atoms with Crippen molar-refractivity contribution < 1.29 is 4.74 Å². The Labute approximate surface area is 84.1 Å². The maximum atomic E-state index is 8.69. The standard InChI is InChI=1S/C11H13N2O/c1-8-3-4-10(6-12)5-11(8)14-7-9(2)13/h3-5,9,13H,7H2,1-2H3. The minimum atomic E-state index is -0.250. The van der Waals surface area contributed by atoms with E-state index in [9.17, 15) is 0 Å². The summed E-state index contributed by atoms with van der Waals surface area (Å²) >= 11 is 0. The summed E-state index contributed by atoms with van der Waals surface area (Å²) in [5.74, 6) is 0.697. The van der Waals surface area contributed by atoms with Crippen LogP contribution in [0, 0.1) is 18.3 Å². The number of nitriles is 1. The first kappa shape index (κ1) is 10.6. The highest BCUT2D eigenvalue weighted by atomic mass is 16.5. The first-order valence-electron chi connectivity index (χ1n) is 4.48. The lowest BCUT2D eigenvalue weighted by atomic mass is 10.1. The Hall–Kier alpha value is -1.53. The second-order valence-electron chi connectivity index (χ2n) is 3.30. The molecule has 0 amide bonds. The number of rotatable bonds is 3. The predicted molar refractivity (Wildman–Crippen MR) is 53.9 cm³/mol. The van der Waals surface area contributed by atoms with Gasteiger partial charge >= 0.3 is 0 Å². The lowest BCUT2D eigenvalue weighted by Crippen LogP contribution is -2.15. The van der Waals surface area contributed by atoms with Crippen molar-refractivity contribution in [3.63, 3.8) is 0 Å². The molecule has 1 radical (unpaired) electrons. The SMILES string of the molecule is Cc1ccc(C#N)cc1OCC(C)[NH]. The van der Waals surface area contributed by atoms with Crippen molar-refractivity contribution in [2.75, 3.05) is 6.61 Å². The smallest absolute Gasteiger partial charge is 0.123 e. The molecular weight excluding hydrogens is 176 g/mol. The summed E-state index contributed by atoms with van der Waals surface area (Å²) in [6.07, 6.45) is 0. The molecule has 1 aromatic carbocycles. The van der Waals surface area contributed by atoms with Crippen molar-refractivity contribution >= 4 is 0 Å². The van der Waals surface area contributed by atoms with Crippen molar-refractivity contribution in [2.24, 2.45) is 0 Å². The fraction of sp³-hybridized carbons (Fsp3) is 0.364. The fourth-order valence-corrected chi connectivity index (χ4v) is 1.04. The van der Waals surface area contributed by atoms with Gasteiger partial charge in [0.2, 0.25) is 0 Å². The molecule has 1 aromatic rings. The summed E-state index contributed by atoms with van der Waals surface area (Å²) < 4.78 is 5.40. The van der Waals surface area contributed by atoms with Crippen molar-refractivity contribution in [2.45, 2.75) is 19.9 Å². The van der Waals surface area contributed by atoms with Crippen LogP contribution in [0.15, 0.2) is 18.2 Å². The third-order valence-electron chi connectivity index (χ3n) is 1.81. The van der Waals surface area contributed by atoms with Crippen LogP contribution in [0.3, 0.4) is 0 Å². The Kier molecular flexibility index (Phi) is 3.49. The number of aryl methyl sites for hydroxylation is 1. The third kappa shape index (κ3) is 2.75. The lowest BCUT2D eigenvalue weighted by Gasteiger charge is -2.10. The van der Waals surface area contributed by atoms with Crippen LogP contribution >= 0.6 is 0 Å². The number of nitrogens with one attached hydrogen (secondary N) is 1. The molecule has 1 N–H and O–H groups in total. The molecule has 0 saturated heterocycles. The quantitative estimate of drug-likeness (QED) is 0.729. The van der Waals surface area contributed by atoms with E-state index in [1.54, 1.807) is 19.1 Å². The molecule has 0 aliphatic heterocycles. The summed E-state index contributed by atoms with van der Waals surface area (Å²) in [4.78, 5) is 0. The van der Waals surface area contributed by atoms with Gasteiger partial charge in [0.25, 0.3) is 0 Å². The Morgan fingerprint density at radius 3 is 2.86 bits per heavy atom. The maximum Gasteiger partial charge on any atom is 0.123 e. The molecule has 0 bridgehead atoms. The molecule has 0 aliphatic carbocycles. The largest absolute Gasteiger partial charge is 0.492 e. The van der Waals surface area contributed by atoms with Gasteiger partial charge in [-0.3, -0.25) is 5.73 Å². The summed E-state index contributed by atoms with van der Waals surface area (Å²) in [6.45, 7) is 4.05. The first-order valence-corrected chi connectivity index (χ1v) is 4.48. The fourth-order valence-electron chi connectivity index (χ4n) is 1.04. The maximum absolute atomic E-state index is 8.69. The van der Waals surface area contributed by atoms with Gasteiger partial charge in [-0.15, -0.1) is 0 Å². The van der Waals surface area contributed by atoms with Crippen LogP contribution in [0.5, 0.6) is 5.75 Å². The van der Waals surface area contributed by atoms with Gasteiger partial charge in [-0.1, -0.05) is 6.07 Å². The van der Waals surface area contributed by atoms with Crippen LogP contribution in [0.4, 0.5) is 0 Å². The number of ether oxygens (including phenoxy) is 1. The Morgan fingerprint density at radius 1 is 1.57 bits per heavy atom. The van der Waals surface area contributed by atoms with Crippen LogP contribution in [0.1, 0.15) is 18.1 Å². The van der Waals surface area contributed by atoms with Crippen molar-refractivity contribution in [3.8, 4) is 11.8 Å². The van der Waals surface area contributed by atoms with E-state index in [-0.39, 0.29) is 6.04 Å². The summed E-state index contributed by atoms with van der Waals surface area (Å²) in [7, 11) is 0. The van der Waals surface area contributed by atoms with Gasteiger partial charge in [0.15, 0.2) is 0 Å². The van der Waals surface area contributed by atoms with Crippen molar-refractivity contribution in [1.29, 1.82) is 5.26 Å². The topological polar surface area (TPSA) is 56.8 Å². The van der Waals surface area contributed by atoms with Crippen molar-refractivity contribution in [1.82, 2.24) is 5.73 Å². The molecule has 0 fully saturated rings. The van der Waals surface area contributed by atoms with Crippen LogP contribution in [-0.4, -0.2) is 12.6 Å². The Morgan fingerprint density at radius 2 is 2.29 bits per heavy atom. The van der Waals surface area contributed by atoms with Gasteiger partial charge in [-0.05, 0) is 31.5 Å². The normalized spacial score (nSPS) is 11.9. The zero-order valence-electron chi connectivity index (χ0n) is 8.37. The van der Waals surface area contributed by atoms with Gasteiger partial charge in [0, 0.05) is 0 Å². The number of benzene rings is 1. The molecule has 73 valence electrons. The van der Waals surface area contributed by atoms with E-state index in [2.05, 4.69) is 6.07 Å². The van der Waals surface area contributed by atoms with Gasteiger partial charge in [-0.2, -0.15) is 5.26 Å². The molecule has 1 rings (SSSR count). The van der Waals surface area contributed by atoms with E-state index in [4.69, 9.17) is 15.7 Å². The third-order valence-corrected chi connectivity index (χ3v) is 1.81. The zero-order chi connectivity index (χ0) is 10.6.